The van der Waals surface area contributed by atoms with Gasteiger partial charge in [0, 0.05) is 25.8 Å². The molecule has 102 valence electrons. The predicted molar refractivity (Wildman–Crippen MR) is 79.1 cm³/mol. The Kier molecular flexibility index (Phi) is 6.73. The Morgan fingerprint density at radius 3 is 2.61 bits per heavy atom. The van der Waals surface area contributed by atoms with Crippen LogP contribution in [0.4, 0.5) is 5.82 Å². The van der Waals surface area contributed by atoms with Crippen molar-refractivity contribution in [2.24, 2.45) is 0 Å². The van der Waals surface area contributed by atoms with Gasteiger partial charge in [0.05, 0.1) is 0 Å². The molecule has 0 aliphatic rings. The number of unbranched alkanes of at least 4 members (excludes halogenated alkanes) is 1. The van der Waals surface area contributed by atoms with Crippen LogP contribution in [0.3, 0.4) is 0 Å². The molecule has 1 heterocycles. The van der Waals surface area contributed by atoms with Crippen molar-refractivity contribution in [2.75, 3.05) is 24.5 Å². The van der Waals surface area contributed by atoms with Crippen LogP contribution >= 0.6 is 0 Å². The summed E-state index contributed by atoms with van der Waals surface area (Å²) in [6.07, 6.45) is 4.46. The fourth-order valence-electron chi connectivity index (χ4n) is 2.09. The number of hydrogen-bond acceptors (Lipinski definition) is 3. The molecule has 0 aliphatic heterocycles. The predicted octanol–water partition coefficient (Wildman–Crippen LogP) is 3.13. The minimum atomic E-state index is 0.908. The first-order chi connectivity index (χ1) is 8.72. The number of aryl methyl sites for hydroxylation is 1. The van der Waals surface area contributed by atoms with Crippen molar-refractivity contribution in [1.82, 2.24) is 10.3 Å². The molecule has 0 amide bonds. The van der Waals surface area contributed by atoms with E-state index in [-0.39, 0.29) is 0 Å². The van der Waals surface area contributed by atoms with Crippen LogP contribution in [0.15, 0.2) is 12.3 Å². The van der Waals surface area contributed by atoms with Crippen LogP contribution in [-0.2, 0) is 6.54 Å². The van der Waals surface area contributed by atoms with Gasteiger partial charge in [0.1, 0.15) is 5.82 Å². The highest BCUT2D eigenvalue weighted by Crippen LogP contribution is 2.18. The zero-order valence-corrected chi connectivity index (χ0v) is 12.3. The van der Waals surface area contributed by atoms with Crippen molar-refractivity contribution in [3.8, 4) is 0 Å². The number of anilines is 1. The van der Waals surface area contributed by atoms with Gasteiger partial charge in [-0.15, -0.1) is 0 Å². The lowest BCUT2D eigenvalue weighted by Gasteiger charge is -2.23. The molecule has 18 heavy (non-hydrogen) atoms. The first-order valence-corrected chi connectivity index (χ1v) is 7.14. The van der Waals surface area contributed by atoms with Crippen LogP contribution in [-0.4, -0.2) is 24.6 Å². The van der Waals surface area contributed by atoms with E-state index in [2.05, 4.69) is 49.0 Å². The Hall–Kier alpha value is -1.09. The molecule has 0 fully saturated rings. The van der Waals surface area contributed by atoms with E-state index in [0.29, 0.717) is 0 Å². The molecule has 0 saturated heterocycles. The normalized spacial score (nSPS) is 10.7. The summed E-state index contributed by atoms with van der Waals surface area (Å²) >= 11 is 0. The lowest BCUT2D eigenvalue weighted by molar-refractivity contribution is 0.712. The highest BCUT2D eigenvalue weighted by Gasteiger charge is 2.08. The van der Waals surface area contributed by atoms with Gasteiger partial charge in [0.15, 0.2) is 0 Å². The van der Waals surface area contributed by atoms with E-state index in [1.165, 1.54) is 24.0 Å². The molecule has 1 rings (SSSR count). The van der Waals surface area contributed by atoms with E-state index in [1.807, 2.05) is 6.20 Å². The molecule has 3 heteroatoms. The number of aromatic nitrogens is 1. The minimum absolute atomic E-state index is 0.908. The molecule has 0 aliphatic carbocycles. The van der Waals surface area contributed by atoms with Crippen LogP contribution in [0.25, 0.3) is 0 Å². The smallest absolute Gasteiger partial charge is 0.131 e. The summed E-state index contributed by atoms with van der Waals surface area (Å²) in [4.78, 5) is 7.01. The molecule has 0 radical (unpaired) electrons. The van der Waals surface area contributed by atoms with Crippen LogP contribution in [0.2, 0.25) is 0 Å². The van der Waals surface area contributed by atoms with Crippen LogP contribution < -0.4 is 10.2 Å². The van der Waals surface area contributed by atoms with Crippen molar-refractivity contribution < 1.29 is 0 Å². The molecule has 0 atom stereocenters. The third-order valence-corrected chi connectivity index (χ3v) is 3.15. The number of hydrogen-bond donors (Lipinski definition) is 1. The van der Waals surface area contributed by atoms with Gasteiger partial charge in [-0.1, -0.05) is 20.3 Å². The number of nitrogens with zero attached hydrogens (tertiary/aromatic N) is 2. The summed E-state index contributed by atoms with van der Waals surface area (Å²) in [6.45, 7) is 12.7. The summed E-state index contributed by atoms with van der Waals surface area (Å²) in [6, 6.07) is 2.25. The lowest BCUT2D eigenvalue weighted by atomic mass is 10.2. The second-order valence-electron chi connectivity index (χ2n) is 4.70. The summed E-state index contributed by atoms with van der Waals surface area (Å²) in [5.74, 6) is 1.14. The van der Waals surface area contributed by atoms with E-state index in [9.17, 15) is 0 Å². The van der Waals surface area contributed by atoms with Crippen LogP contribution in [0, 0.1) is 6.92 Å². The number of rotatable bonds is 8. The third-order valence-electron chi connectivity index (χ3n) is 3.15. The van der Waals surface area contributed by atoms with Crippen molar-refractivity contribution >= 4 is 5.82 Å². The molecule has 1 aromatic rings. The Morgan fingerprint density at radius 2 is 2.06 bits per heavy atom. The van der Waals surface area contributed by atoms with Gasteiger partial charge in [-0.2, -0.15) is 0 Å². The molecule has 0 unspecified atom stereocenters. The van der Waals surface area contributed by atoms with Crippen LogP contribution in [0.5, 0.6) is 0 Å². The molecular weight excluding hydrogens is 222 g/mol. The highest BCUT2D eigenvalue weighted by molar-refractivity contribution is 5.47. The molecule has 0 bridgehead atoms. The first kappa shape index (κ1) is 15.0. The van der Waals surface area contributed by atoms with Gasteiger partial charge in [0.2, 0.25) is 0 Å². The van der Waals surface area contributed by atoms with Gasteiger partial charge in [-0.3, -0.25) is 0 Å². The zero-order valence-electron chi connectivity index (χ0n) is 12.3. The quantitative estimate of drug-likeness (QED) is 0.767. The van der Waals surface area contributed by atoms with Gasteiger partial charge in [-0.05, 0) is 44.0 Å². The summed E-state index contributed by atoms with van der Waals surface area (Å²) in [5, 5.41) is 3.34. The average molecular weight is 249 g/mol. The standard InChI is InChI=1S/C15H27N3/c1-5-8-9-18(7-3)15-13(4)10-14(12-17-15)11-16-6-2/h10,12,16H,5-9,11H2,1-4H3. The molecule has 0 saturated carbocycles. The fourth-order valence-corrected chi connectivity index (χ4v) is 2.09. The molecule has 1 aromatic heterocycles. The average Bonchev–Trinajstić information content (AvgIpc) is 2.39. The molecule has 0 aromatic carbocycles. The van der Waals surface area contributed by atoms with Gasteiger partial charge in [0.25, 0.3) is 0 Å². The van der Waals surface area contributed by atoms with Gasteiger partial charge in [-0.25, -0.2) is 4.98 Å². The lowest BCUT2D eigenvalue weighted by Crippen LogP contribution is -2.26. The van der Waals surface area contributed by atoms with Gasteiger partial charge < -0.3 is 10.2 Å². The van der Waals surface area contributed by atoms with E-state index in [0.717, 1.165) is 32.0 Å². The van der Waals surface area contributed by atoms with Crippen molar-refractivity contribution in [1.29, 1.82) is 0 Å². The van der Waals surface area contributed by atoms with Crippen molar-refractivity contribution in [3.63, 3.8) is 0 Å². The van der Waals surface area contributed by atoms with E-state index < -0.39 is 0 Å². The highest BCUT2D eigenvalue weighted by atomic mass is 15.2. The maximum atomic E-state index is 4.64. The number of pyridine rings is 1. The topological polar surface area (TPSA) is 28.2 Å². The Morgan fingerprint density at radius 1 is 1.28 bits per heavy atom. The molecule has 3 nitrogen and oxygen atoms in total. The summed E-state index contributed by atoms with van der Waals surface area (Å²) < 4.78 is 0. The number of nitrogens with one attached hydrogen (secondary N) is 1. The molecule has 1 N–H and O–H groups in total. The third kappa shape index (κ3) is 4.30. The molecular formula is C15H27N3. The Balaban J connectivity index is 2.75. The maximum absolute atomic E-state index is 4.64. The summed E-state index contributed by atoms with van der Waals surface area (Å²) in [5.41, 5.74) is 2.55. The summed E-state index contributed by atoms with van der Waals surface area (Å²) in [7, 11) is 0. The van der Waals surface area contributed by atoms with Gasteiger partial charge >= 0.3 is 0 Å². The Bertz CT molecular complexity index is 350. The minimum Gasteiger partial charge on any atom is -0.357 e. The monoisotopic (exact) mass is 249 g/mol. The molecule has 0 spiro atoms. The second-order valence-corrected chi connectivity index (χ2v) is 4.70. The Labute approximate surface area is 112 Å². The SMILES string of the molecule is CCCCN(CC)c1ncc(CNCC)cc1C. The van der Waals surface area contributed by atoms with E-state index in [1.54, 1.807) is 0 Å². The van der Waals surface area contributed by atoms with Crippen molar-refractivity contribution in [3.05, 3.63) is 23.4 Å². The van der Waals surface area contributed by atoms with Crippen LogP contribution in [0.1, 0.15) is 44.7 Å². The van der Waals surface area contributed by atoms with E-state index in [4.69, 9.17) is 0 Å². The largest absolute Gasteiger partial charge is 0.357 e. The maximum Gasteiger partial charge on any atom is 0.131 e. The van der Waals surface area contributed by atoms with Crippen molar-refractivity contribution in [2.45, 2.75) is 47.1 Å². The fraction of sp³-hybridized carbons (Fsp3) is 0.667. The zero-order chi connectivity index (χ0) is 13.4. The second kappa shape index (κ2) is 8.09. The van der Waals surface area contributed by atoms with E-state index >= 15 is 0 Å². The first-order valence-electron chi connectivity index (χ1n) is 7.14.